The average molecular weight is 490 g/mol. The van der Waals surface area contributed by atoms with Gasteiger partial charge in [0.1, 0.15) is 5.82 Å². The summed E-state index contributed by atoms with van der Waals surface area (Å²) in [6, 6.07) is 22.8. The summed E-state index contributed by atoms with van der Waals surface area (Å²) in [5, 5.41) is 21.8. The summed E-state index contributed by atoms with van der Waals surface area (Å²) >= 11 is 0. The van der Waals surface area contributed by atoms with E-state index < -0.39 is 0 Å². The second-order valence-electron chi connectivity index (χ2n) is 10.6. The number of nitrogens with one attached hydrogen (secondary N) is 2. The number of benzene rings is 2. The molecule has 3 aliphatic rings. The van der Waals surface area contributed by atoms with E-state index in [0.717, 1.165) is 36.2 Å². The number of nitriles is 1. The van der Waals surface area contributed by atoms with Gasteiger partial charge >= 0.3 is 0 Å². The number of para-hydroxylation sites is 1. The van der Waals surface area contributed by atoms with E-state index in [9.17, 15) is 5.26 Å². The number of fused-ring (bicyclic) bond motifs is 3. The van der Waals surface area contributed by atoms with Crippen molar-refractivity contribution >= 4 is 22.4 Å². The first-order chi connectivity index (χ1) is 18.3. The molecule has 1 aliphatic carbocycles. The Bertz CT molecular complexity index is 1450. The fourth-order valence-corrected chi connectivity index (χ4v) is 6.85. The number of nitrogens with zero attached hydrogens (tertiary/aromatic N) is 5. The molecule has 4 atom stereocenters. The molecule has 4 aromatic rings. The van der Waals surface area contributed by atoms with Crippen molar-refractivity contribution in [2.24, 2.45) is 0 Å². The lowest BCUT2D eigenvalue weighted by Crippen LogP contribution is -2.72. The summed E-state index contributed by atoms with van der Waals surface area (Å²) in [7, 11) is 0. The van der Waals surface area contributed by atoms with Gasteiger partial charge in [-0.05, 0) is 61.2 Å². The number of H-pyrrole nitrogens is 1. The minimum Gasteiger partial charge on any atom is -0.370 e. The van der Waals surface area contributed by atoms with Crippen molar-refractivity contribution < 1.29 is 0 Å². The maximum Gasteiger partial charge on any atom is 0.129 e. The van der Waals surface area contributed by atoms with Crippen molar-refractivity contribution in [2.75, 3.05) is 22.9 Å². The van der Waals surface area contributed by atoms with E-state index in [2.05, 4.69) is 73.8 Å². The fourth-order valence-electron chi connectivity index (χ4n) is 6.85. The predicted octanol–water partition coefficient (Wildman–Crippen LogP) is 4.86. The molecule has 7 nitrogen and oxygen atoms in total. The molecule has 0 bridgehead atoms. The third-order valence-electron chi connectivity index (χ3n) is 8.61. The number of piperidine rings is 1. The van der Waals surface area contributed by atoms with Gasteiger partial charge in [0, 0.05) is 60.1 Å². The zero-order chi connectivity index (χ0) is 24.8. The molecule has 2 N–H and O–H groups in total. The van der Waals surface area contributed by atoms with Crippen molar-refractivity contribution in [3.8, 4) is 17.2 Å². The molecule has 1 saturated carbocycles. The van der Waals surface area contributed by atoms with E-state index in [-0.39, 0.29) is 0 Å². The number of aromatic nitrogens is 3. The lowest BCUT2D eigenvalue weighted by Gasteiger charge is -2.56. The second kappa shape index (κ2) is 9.20. The maximum absolute atomic E-state index is 9.18. The number of pyridine rings is 1. The molecule has 186 valence electrons. The molecule has 7 heteroatoms. The quantitative estimate of drug-likeness (QED) is 0.427. The smallest absolute Gasteiger partial charge is 0.129 e. The first-order valence-corrected chi connectivity index (χ1v) is 13.5. The topological polar surface area (TPSA) is 83.9 Å². The fraction of sp³-hybridized carbons (Fsp3) is 0.367. The Hall–Kier alpha value is -3.89. The molecule has 4 heterocycles. The molecule has 2 aromatic heterocycles. The van der Waals surface area contributed by atoms with Crippen molar-refractivity contribution in [3.05, 3.63) is 72.6 Å². The first-order valence-electron chi connectivity index (χ1n) is 13.5. The van der Waals surface area contributed by atoms with Crippen molar-refractivity contribution in [1.29, 1.82) is 5.26 Å². The van der Waals surface area contributed by atoms with E-state index in [1.807, 2.05) is 24.5 Å². The molecule has 2 aromatic carbocycles. The van der Waals surface area contributed by atoms with Gasteiger partial charge in [-0.15, -0.1) is 0 Å². The van der Waals surface area contributed by atoms with E-state index in [0.29, 0.717) is 29.7 Å². The molecule has 2 aliphatic heterocycles. The molecular formula is C30H31N7. The first kappa shape index (κ1) is 22.3. The molecule has 7 rings (SSSR count). The highest BCUT2D eigenvalue weighted by Crippen LogP contribution is 2.38. The van der Waals surface area contributed by atoms with Gasteiger partial charge in [0.2, 0.25) is 0 Å². The number of hydrogen-bond donors (Lipinski definition) is 2. The molecule has 37 heavy (non-hydrogen) atoms. The second-order valence-corrected chi connectivity index (χ2v) is 10.6. The highest BCUT2D eigenvalue weighted by molar-refractivity contribution is 5.93. The highest BCUT2D eigenvalue weighted by Gasteiger charge is 2.46. The van der Waals surface area contributed by atoms with Crippen LogP contribution in [-0.2, 0) is 0 Å². The summed E-state index contributed by atoms with van der Waals surface area (Å²) in [6.45, 7) is 1.96. The van der Waals surface area contributed by atoms with Crippen LogP contribution in [0.2, 0.25) is 0 Å². The molecule has 0 radical (unpaired) electrons. The molecule has 0 amide bonds. The normalized spacial score (nSPS) is 25.4. The Morgan fingerprint density at radius 2 is 1.81 bits per heavy atom. The van der Waals surface area contributed by atoms with Crippen LogP contribution in [0.1, 0.15) is 37.7 Å². The molecule has 3 fully saturated rings. The van der Waals surface area contributed by atoms with Gasteiger partial charge in [-0.3, -0.25) is 5.10 Å². The standard InChI is InChI=1S/C30H31N7/c31-17-20-8-10-23(11-9-20)36-15-13-28-26(19-36)34-25-6-1-2-7-27(25)37(28)29-16-21(12-14-32-29)24-5-3-4-22-18-33-35-30(22)24/h3-5,8-12,14,16,18,25-28,34H,1-2,6-7,13,15,19H2,(H,33,35)/t25-,26-,27?,28?/m1/s1. The van der Waals surface area contributed by atoms with Gasteiger partial charge in [0.25, 0.3) is 0 Å². The molecular weight excluding hydrogens is 458 g/mol. The van der Waals surface area contributed by atoms with Gasteiger partial charge in [0.05, 0.1) is 23.3 Å². The Morgan fingerprint density at radius 1 is 0.946 bits per heavy atom. The summed E-state index contributed by atoms with van der Waals surface area (Å²) in [4.78, 5) is 10.1. The molecule has 2 saturated heterocycles. The van der Waals surface area contributed by atoms with Crippen molar-refractivity contribution in [2.45, 2.75) is 56.3 Å². The van der Waals surface area contributed by atoms with Gasteiger partial charge < -0.3 is 15.1 Å². The number of hydrogen-bond acceptors (Lipinski definition) is 6. The Morgan fingerprint density at radius 3 is 2.70 bits per heavy atom. The molecule has 2 unspecified atom stereocenters. The van der Waals surface area contributed by atoms with Crippen LogP contribution >= 0.6 is 0 Å². The molecule has 0 spiro atoms. The van der Waals surface area contributed by atoms with Crippen LogP contribution in [0.25, 0.3) is 22.0 Å². The Kier molecular flexibility index (Phi) is 5.55. The third-order valence-corrected chi connectivity index (χ3v) is 8.61. The lowest BCUT2D eigenvalue weighted by molar-refractivity contribution is 0.188. The van der Waals surface area contributed by atoms with E-state index >= 15 is 0 Å². The van der Waals surface area contributed by atoms with E-state index in [4.69, 9.17) is 4.98 Å². The number of anilines is 2. The third kappa shape index (κ3) is 3.93. The van der Waals surface area contributed by atoms with Crippen LogP contribution in [0.15, 0.2) is 67.0 Å². The maximum atomic E-state index is 9.18. The van der Waals surface area contributed by atoms with Gasteiger partial charge in [0.15, 0.2) is 0 Å². The number of piperazine rings is 1. The monoisotopic (exact) mass is 489 g/mol. The minimum absolute atomic E-state index is 0.366. The predicted molar refractivity (Wildman–Crippen MR) is 147 cm³/mol. The van der Waals surface area contributed by atoms with Gasteiger partial charge in [-0.2, -0.15) is 10.4 Å². The Labute approximate surface area is 217 Å². The van der Waals surface area contributed by atoms with Crippen LogP contribution in [0, 0.1) is 11.3 Å². The summed E-state index contributed by atoms with van der Waals surface area (Å²) in [5.74, 6) is 1.09. The highest BCUT2D eigenvalue weighted by atomic mass is 15.3. The van der Waals surface area contributed by atoms with Crippen molar-refractivity contribution in [3.63, 3.8) is 0 Å². The largest absolute Gasteiger partial charge is 0.370 e. The number of rotatable bonds is 3. The number of aromatic amines is 1. The zero-order valence-electron chi connectivity index (χ0n) is 20.8. The summed E-state index contributed by atoms with van der Waals surface area (Å²) < 4.78 is 0. The minimum atomic E-state index is 0.366. The van der Waals surface area contributed by atoms with Gasteiger partial charge in [-0.1, -0.05) is 31.0 Å². The van der Waals surface area contributed by atoms with Crippen LogP contribution in [0.3, 0.4) is 0 Å². The average Bonchev–Trinajstić information content (AvgIpc) is 3.45. The lowest BCUT2D eigenvalue weighted by atomic mass is 9.81. The zero-order valence-corrected chi connectivity index (χ0v) is 20.8. The van der Waals surface area contributed by atoms with Crippen LogP contribution in [-0.4, -0.2) is 52.4 Å². The van der Waals surface area contributed by atoms with E-state index in [1.165, 1.54) is 42.5 Å². The van der Waals surface area contributed by atoms with Crippen LogP contribution < -0.4 is 15.1 Å². The Balaban J connectivity index is 1.22. The summed E-state index contributed by atoms with van der Waals surface area (Å²) in [5.41, 5.74) is 5.33. The van der Waals surface area contributed by atoms with Crippen molar-refractivity contribution in [1.82, 2.24) is 20.5 Å². The SMILES string of the molecule is N#Cc1ccc(N2CCC3[C@@H](C2)N[C@@H]2CCCCC2N3c2cc(-c3cccc4cn[nH]c34)ccn2)cc1. The van der Waals surface area contributed by atoms with Crippen LogP contribution in [0.5, 0.6) is 0 Å². The van der Waals surface area contributed by atoms with Gasteiger partial charge in [-0.25, -0.2) is 4.98 Å². The summed E-state index contributed by atoms with van der Waals surface area (Å²) in [6.07, 6.45) is 9.92. The van der Waals surface area contributed by atoms with E-state index in [1.54, 1.807) is 0 Å². The van der Waals surface area contributed by atoms with Crippen LogP contribution in [0.4, 0.5) is 11.5 Å².